The number of nitrogens with one attached hydrogen (secondary N) is 3. The second kappa shape index (κ2) is 11.2. The van der Waals surface area contributed by atoms with Gasteiger partial charge in [-0.2, -0.15) is 4.98 Å². The zero-order chi connectivity index (χ0) is 28.2. The van der Waals surface area contributed by atoms with Crippen molar-refractivity contribution in [3.8, 4) is 22.8 Å². The summed E-state index contributed by atoms with van der Waals surface area (Å²) in [6, 6.07) is 15.6. The van der Waals surface area contributed by atoms with Gasteiger partial charge in [-0.05, 0) is 42.5 Å². The molecule has 5 aromatic rings. The van der Waals surface area contributed by atoms with Crippen LogP contribution < -0.4 is 20.7 Å². The molecule has 3 heterocycles. The maximum Gasteiger partial charge on any atom is 0.325 e. The molecule has 40 heavy (non-hydrogen) atoms. The number of halogens is 1. The summed E-state index contributed by atoms with van der Waals surface area (Å²) in [5.74, 6) is 0.363. The van der Waals surface area contributed by atoms with Crippen LogP contribution in [0.3, 0.4) is 0 Å². The SMILES string of the molecule is CNC(=O)c1cc(Oc2ccc(NC(=O)Nc3nc(C(C)C)oc3-c3ccc4ncccc4c3)c(F)c2)ccn1. The summed E-state index contributed by atoms with van der Waals surface area (Å²) in [7, 11) is 1.49. The average Bonchev–Trinajstić information content (AvgIpc) is 3.38. The van der Waals surface area contributed by atoms with Gasteiger partial charge < -0.3 is 19.8 Å². The van der Waals surface area contributed by atoms with Gasteiger partial charge in [-0.15, -0.1) is 0 Å². The molecule has 0 aliphatic rings. The van der Waals surface area contributed by atoms with Crippen molar-refractivity contribution in [2.24, 2.45) is 0 Å². The lowest BCUT2D eigenvalue weighted by molar-refractivity contribution is 0.0957. The fourth-order valence-electron chi connectivity index (χ4n) is 3.87. The van der Waals surface area contributed by atoms with Gasteiger partial charge in [-0.3, -0.25) is 20.1 Å². The van der Waals surface area contributed by atoms with Crippen LogP contribution in [-0.4, -0.2) is 33.9 Å². The van der Waals surface area contributed by atoms with Crippen LogP contribution in [0.25, 0.3) is 22.2 Å². The molecule has 10 nitrogen and oxygen atoms in total. The van der Waals surface area contributed by atoms with Crippen molar-refractivity contribution in [3.63, 3.8) is 0 Å². The second-order valence-electron chi connectivity index (χ2n) is 9.07. The quantitative estimate of drug-likeness (QED) is 0.219. The second-order valence-corrected chi connectivity index (χ2v) is 9.07. The Kier molecular flexibility index (Phi) is 7.36. The van der Waals surface area contributed by atoms with E-state index in [1.54, 1.807) is 6.20 Å². The molecule has 202 valence electrons. The normalized spacial score (nSPS) is 10.9. The molecule has 3 N–H and O–H groups in total. The molecule has 0 fully saturated rings. The van der Waals surface area contributed by atoms with Gasteiger partial charge in [0, 0.05) is 48.4 Å². The van der Waals surface area contributed by atoms with Gasteiger partial charge in [0.15, 0.2) is 17.5 Å². The van der Waals surface area contributed by atoms with E-state index in [0.29, 0.717) is 23.0 Å². The fraction of sp³-hybridized carbons (Fsp3) is 0.138. The van der Waals surface area contributed by atoms with E-state index in [1.165, 1.54) is 37.5 Å². The summed E-state index contributed by atoms with van der Waals surface area (Å²) in [5.41, 5.74) is 1.61. The predicted molar refractivity (Wildman–Crippen MR) is 148 cm³/mol. The molecule has 0 bridgehead atoms. The fourth-order valence-corrected chi connectivity index (χ4v) is 3.87. The van der Waals surface area contributed by atoms with Gasteiger partial charge in [0.1, 0.15) is 23.0 Å². The molecule has 11 heteroatoms. The average molecular weight is 541 g/mol. The minimum atomic E-state index is -0.724. The van der Waals surface area contributed by atoms with Gasteiger partial charge in [0.25, 0.3) is 5.91 Å². The standard InChI is InChI=1S/C29H25FN6O4/c1-16(2)28-35-26(25(40-28)18-6-8-22-17(13-18)5-4-11-32-22)36-29(38)34-23-9-7-19(14-21(23)30)39-20-10-12-33-24(15-20)27(37)31-3/h4-16H,1-3H3,(H,31,37)(H2,34,36,38). The number of aromatic nitrogens is 3. The highest BCUT2D eigenvalue weighted by Gasteiger charge is 2.20. The van der Waals surface area contributed by atoms with Crippen molar-refractivity contribution >= 4 is 34.3 Å². The van der Waals surface area contributed by atoms with Gasteiger partial charge >= 0.3 is 6.03 Å². The monoisotopic (exact) mass is 540 g/mol. The molecule has 3 amide bonds. The molecule has 0 atom stereocenters. The first-order valence-corrected chi connectivity index (χ1v) is 12.4. The lowest BCUT2D eigenvalue weighted by atomic mass is 10.1. The summed E-state index contributed by atoms with van der Waals surface area (Å²) in [4.78, 5) is 37.4. The molecular formula is C29H25FN6O4. The van der Waals surface area contributed by atoms with Crippen LogP contribution >= 0.6 is 0 Å². The number of benzene rings is 2. The van der Waals surface area contributed by atoms with Crippen LogP contribution in [0.15, 0.2) is 77.5 Å². The molecule has 2 aromatic carbocycles. The van der Waals surface area contributed by atoms with E-state index < -0.39 is 11.8 Å². The number of oxazole rings is 1. The summed E-state index contributed by atoms with van der Waals surface area (Å²) in [6.45, 7) is 3.85. The number of amides is 3. The first-order chi connectivity index (χ1) is 19.3. The Bertz CT molecular complexity index is 1720. The third-order valence-electron chi connectivity index (χ3n) is 5.85. The number of rotatable bonds is 7. The van der Waals surface area contributed by atoms with Gasteiger partial charge in [0.05, 0.1) is 11.2 Å². The van der Waals surface area contributed by atoms with Crippen molar-refractivity contribution < 1.29 is 23.1 Å². The number of hydrogen-bond donors (Lipinski definition) is 3. The van der Waals surface area contributed by atoms with Crippen LogP contribution in [-0.2, 0) is 0 Å². The maximum atomic E-state index is 14.9. The smallest absolute Gasteiger partial charge is 0.325 e. The molecule has 0 aliphatic heterocycles. The number of carbonyl (C=O) groups is 2. The number of anilines is 2. The minimum absolute atomic E-state index is 0.0303. The van der Waals surface area contributed by atoms with Gasteiger partial charge in [-0.25, -0.2) is 9.18 Å². The third kappa shape index (κ3) is 5.73. The first kappa shape index (κ1) is 26.3. The lowest BCUT2D eigenvalue weighted by Gasteiger charge is -2.10. The summed E-state index contributed by atoms with van der Waals surface area (Å²) >= 11 is 0. The van der Waals surface area contributed by atoms with Crippen LogP contribution in [0, 0.1) is 5.82 Å². The zero-order valence-corrected chi connectivity index (χ0v) is 21.9. The molecule has 0 unspecified atom stereocenters. The Hall–Kier alpha value is -5.32. The number of pyridine rings is 2. The highest BCUT2D eigenvalue weighted by Crippen LogP contribution is 2.33. The molecule has 0 radical (unpaired) electrons. The van der Waals surface area contributed by atoms with Gasteiger partial charge in [-0.1, -0.05) is 19.9 Å². The van der Waals surface area contributed by atoms with Crippen molar-refractivity contribution in [1.82, 2.24) is 20.3 Å². The molecule has 0 saturated heterocycles. The topological polar surface area (TPSA) is 131 Å². The zero-order valence-electron chi connectivity index (χ0n) is 21.9. The molecular weight excluding hydrogens is 515 g/mol. The van der Waals surface area contributed by atoms with E-state index in [-0.39, 0.29) is 34.8 Å². The number of nitrogens with zero attached hydrogens (tertiary/aromatic N) is 3. The van der Waals surface area contributed by atoms with Crippen LogP contribution in [0.1, 0.15) is 36.1 Å². The highest BCUT2D eigenvalue weighted by atomic mass is 19.1. The van der Waals surface area contributed by atoms with Crippen LogP contribution in [0.2, 0.25) is 0 Å². The van der Waals surface area contributed by atoms with Gasteiger partial charge in [0.2, 0.25) is 0 Å². The van der Waals surface area contributed by atoms with Crippen molar-refractivity contribution in [3.05, 3.63) is 90.5 Å². The Balaban J connectivity index is 1.33. The van der Waals surface area contributed by atoms with Crippen molar-refractivity contribution in [2.45, 2.75) is 19.8 Å². The van der Waals surface area contributed by atoms with E-state index >= 15 is 0 Å². The van der Waals surface area contributed by atoms with E-state index in [9.17, 15) is 14.0 Å². The number of ether oxygens (including phenoxy) is 1. The highest BCUT2D eigenvalue weighted by molar-refractivity contribution is 6.01. The maximum absolute atomic E-state index is 14.9. The Morgan fingerprint density at radius 1 is 0.950 bits per heavy atom. The van der Waals surface area contributed by atoms with Crippen LogP contribution in [0.4, 0.5) is 20.7 Å². The molecule has 0 spiro atoms. The minimum Gasteiger partial charge on any atom is -0.457 e. The van der Waals surface area contributed by atoms with Crippen LogP contribution in [0.5, 0.6) is 11.5 Å². The van der Waals surface area contributed by atoms with E-state index in [4.69, 9.17) is 9.15 Å². The molecule has 0 aliphatic carbocycles. The van der Waals surface area contributed by atoms with E-state index in [2.05, 4.69) is 30.9 Å². The first-order valence-electron chi connectivity index (χ1n) is 12.4. The van der Waals surface area contributed by atoms with E-state index in [0.717, 1.165) is 17.0 Å². The van der Waals surface area contributed by atoms with E-state index in [1.807, 2.05) is 44.2 Å². The van der Waals surface area contributed by atoms with Crippen molar-refractivity contribution in [1.29, 1.82) is 0 Å². The number of hydrogen-bond acceptors (Lipinski definition) is 7. The Morgan fingerprint density at radius 3 is 2.55 bits per heavy atom. The lowest BCUT2D eigenvalue weighted by Crippen LogP contribution is -2.20. The molecule has 5 rings (SSSR count). The summed E-state index contributed by atoms with van der Waals surface area (Å²) in [6.07, 6.45) is 3.12. The number of fused-ring (bicyclic) bond motifs is 1. The summed E-state index contributed by atoms with van der Waals surface area (Å²) in [5, 5.41) is 8.54. The number of carbonyl (C=O) groups excluding carboxylic acids is 2. The third-order valence-corrected chi connectivity index (χ3v) is 5.85. The predicted octanol–water partition coefficient (Wildman–Crippen LogP) is 6.34. The van der Waals surface area contributed by atoms with Crippen molar-refractivity contribution in [2.75, 3.05) is 17.7 Å². The largest absolute Gasteiger partial charge is 0.457 e. The molecule has 3 aromatic heterocycles. The summed E-state index contributed by atoms with van der Waals surface area (Å²) < 4.78 is 26.5. The number of urea groups is 1. The Morgan fingerprint density at radius 2 is 1.77 bits per heavy atom. The Labute approximate surface area is 228 Å². The molecule has 0 saturated carbocycles.